The second kappa shape index (κ2) is 10.8. The molecule has 0 spiro atoms. The first-order valence-electron chi connectivity index (χ1n) is 11.8. The number of imidazole rings is 1. The molecule has 3 unspecified atom stereocenters. The highest BCUT2D eigenvalue weighted by atomic mass is 31.2. The number of nitrogens with two attached hydrogens (primary N) is 1. The molecule has 2 saturated heterocycles. The van der Waals surface area contributed by atoms with Crippen molar-refractivity contribution in [2.75, 3.05) is 31.2 Å². The Bertz CT molecular complexity index is 1290. The van der Waals surface area contributed by atoms with Gasteiger partial charge in [-0.2, -0.15) is 0 Å². The summed E-state index contributed by atoms with van der Waals surface area (Å²) in [6.07, 6.45) is -0.986. The molecule has 6 atom stereocenters. The van der Waals surface area contributed by atoms with E-state index in [4.69, 9.17) is 24.5 Å². The van der Waals surface area contributed by atoms with E-state index in [1.54, 1.807) is 11.5 Å². The first kappa shape index (κ1) is 25.7. The van der Waals surface area contributed by atoms with Crippen molar-refractivity contribution in [1.29, 1.82) is 0 Å². The third-order valence-electron chi connectivity index (χ3n) is 5.96. The summed E-state index contributed by atoms with van der Waals surface area (Å²) < 4.78 is 37.6. The van der Waals surface area contributed by atoms with Gasteiger partial charge in [0.25, 0.3) is 0 Å². The van der Waals surface area contributed by atoms with Crippen molar-refractivity contribution in [3.05, 3.63) is 48.5 Å². The monoisotopic (exact) mass is 532 g/mol. The van der Waals surface area contributed by atoms with Gasteiger partial charge in [0.2, 0.25) is 0 Å². The van der Waals surface area contributed by atoms with Crippen LogP contribution in [0, 0.1) is 0 Å². The number of benzene rings is 1. The van der Waals surface area contributed by atoms with Gasteiger partial charge in [0.05, 0.1) is 12.9 Å². The summed E-state index contributed by atoms with van der Waals surface area (Å²) in [5, 5.41) is 5.29. The zero-order valence-electron chi connectivity index (χ0n) is 19.9. The van der Waals surface area contributed by atoms with Gasteiger partial charge in [-0.05, 0) is 6.92 Å². The van der Waals surface area contributed by atoms with E-state index in [1.165, 1.54) is 12.7 Å². The van der Waals surface area contributed by atoms with Crippen LogP contribution in [0.3, 0.4) is 0 Å². The molecule has 1 aromatic carbocycles. The Kier molecular flexibility index (Phi) is 7.49. The molecule has 0 aliphatic carbocycles. The maximum atomic E-state index is 12.1. The number of amides is 2. The number of rotatable bonds is 9. The van der Waals surface area contributed by atoms with Crippen LogP contribution in [0.15, 0.2) is 43.0 Å². The van der Waals surface area contributed by atoms with Crippen LogP contribution in [0.4, 0.5) is 10.6 Å². The Morgan fingerprint density at radius 3 is 2.73 bits per heavy atom. The van der Waals surface area contributed by atoms with E-state index >= 15 is 0 Å². The zero-order chi connectivity index (χ0) is 26.0. The van der Waals surface area contributed by atoms with Gasteiger partial charge in [0.15, 0.2) is 29.5 Å². The predicted octanol–water partition coefficient (Wildman–Crippen LogP) is 0.877. The summed E-state index contributed by atoms with van der Waals surface area (Å²) in [6.45, 7) is 1.92. The van der Waals surface area contributed by atoms with E-state index in [9.17, 15) is 14.3 Å². The molecule has 14 nitrogen and oxygen atoms in total. The Morgan fingerprint density at radius 1 is 1.19 bits per heavy atom. The van der Waals surface area contributed by atoms with Crippen LogP contribution in [0.5, 0.6) is 0 Å². The third-order valence-corrected chi connectivity index (χ3v) is 7.31. The molecule has 2 aliphatic heterocycles. The topological polar surface area (TPSA) is 188 Å². The Labute approximate surface area is 212 Å². The number of carbonyl (C=O) groups excluding carboxylic acids is 1. The molecule has 2 fully saturated rings. The van der Waals surface area contributed by atoms with Gasteiger partial charge in [0, 0.05) is 24.8 Å². The number of urea groups is 1. The van der Waals surface area contributed by atoms with Gasteiger partial charge >= 0.3 is 6.03 Å². The normalized spacial score (nSPS) is 26.6. The van der Waals surface area contributed by atoms with Crippen molar-refractivity contribution in [1.82, 2.24) is 24.8 Å². The Hall–Kier alpha value is -2.97. The summed E-state index contributed by atoms with van der Waals surface area (Å²) >= 11 is 0. The zero-order valence-corrected chi connectivity index (χ0v) is 20.8. The van der Waals surface area contributed by atoms with Crippen LogP contribution < -0.4 is 21.3 Å². The van der Waals surface area contributed by atoms with Gasteiger partial charge in [-0.25, -0.2) is 19.7 Å². The SMILES string of the molecule is CCNC(=O)Nc1ncnc2c1ncn2[C@@H]1O[C@H](COP(=O)([O-])CCN)C2O[C@@H](c3ccccc3)OC21. The quantitative estimate of drug-likeness (QED) is 0.332. The number of anilines is 1. The summed E-state index contributed by atoms with van der Waals surface area (Å²) in [7, 11) is -4.14. The van der Waals surface area contributed by atoms with E-state index in [-0.39, 0.29) is 25.1 Å². The van der Waals surface area contributed by atoms with Crippen LogP contribution in [0.25, 0.3) is 11.2 Å². The number of hydrogen-bond donors (Lipinski definition) is 3. The van der Waals surface area contributed by atoms with Crippen molar-refractivity contribution < 1.29 is 33.0 Å². The molecule has 2 aliphatic rings. The second-order valence-corrected chi connectivity index (χ2v) is 10.4. The highest BCUT2D eigenvalue weighted by molar-refractivity contribution is 7.51. The lowest BCUT2D eigenvalue weighted by molar-refractivity contribution is -0.204. The standard InChI is InChI=1S/C22H28N7O7P/c1-2-24-22(30)28-18-15-19(26-11-25-18)29(12-27-15)20-17-16(14(34-20)10-33-37(31,32)9-8-23)35-21(36-17)13-6-4-3-5-7-13/h3-7,11-12,14,16-17,20-21H,2,8-10,23H2,1H3,(H,31,32)(H2,24,25,26,28,30)/p-1/t14-,16?,17?,20-,21-/m1/s1. The number of nitrogens with one attached hydrogen (secondary N) is 2. The van der Waals surface area contributed by atoms with Crippen molar-refractivity contribution in [3.8, 4) is 0 Å². The van der Waals surface area contributed by atoms with Gasteiger partial charge < -0.3 is 39.2 Å². The molecule has 5 rings (SSSR count). The molecule has 2 aromatic heterocycles. The summed E-state index contributed by atoms with van der Waals surface area (Å²) in [5.41, 5.74) is 6.92. The van der Waals surface area contributed by atoms with Crippen LogP contribution in [0.1, 0.15) is 25.0 Å². The van der Waals surface area contributed by atoms with E-state index in [1.807, 2.05) is 30.3 Å². The highest BCUT2D eigenvalue weighted by Crippen LogP contribution is 2.46. The summed E-state index contributed by atoms with van der Waals surface area (Å²) in [6, 6.07) is 8.95. The number of aromatic nitrogens is 4. The molecular weight excluding hydrogens is 505 g/mol. The largest absolute Gasteiger partial charge is 0.778 e. The third kappa shape index (κ3) is 5.36. The van der Waals surface area contributed by atoms with E-state index in [0.717, 1.165) is 5.56 Å². The molecular formula is C22H27N7O7P-. The average molecular weight is 532 g/mol. The smallest absolute Gasteiger partial charge is 0.320 e. The Morgan fingerprint density at radius 2 is 1.97 bits per heavy atom. The Balaban J connectivity index is 1.43. The summed E-state index contributed by atoms with van der Waals surface area (Å²) in [5.74, 6) is 0.226. The van der Waals surface area contributed by atoms with Crippen molar-refractivity contribution in [2.24, 2.45) is 5.73 Å². The number of hydrogen-bond acceptors (Lipinski definition) is 11. The van der Waals surface area contributed by atoms with Gasteiger partial charge in [-0.1, -0.05) is 30.3 Å². The lowest BCUT2D eigenvalue weighted by Crippen LogP contribution is -2.32. The van der Waals surface area contributed by atoms with Crippen molar-refractivity contribution in [2.45, 2.75) is 37.8 Å². The lowest BCUT2D eigenvalue weighted by Gasteiger charge is -2.26. The van der Waals surface area contributed by atoms with Crippen molar-refractivity contribution >= 4 is 30.6 Å². The minimum absolute atomic E-state index is 0.0515. The molecule has 15 heteroatoms. The number of nitrogens with zero attached hydrogens (tertiary/aromatic N) is 4. The molecule has 3 aromatic rings. The van der Waals surface area contributed by atoms with Gasteiger partial charge in [-0.15, -0.1) is 0 Å². The van der Waals surface area contributed by atoms with E-state index < -0.39 is 44.5 Å². The maximum absolute atomic E-state index is 12.1. The minimum atomic E-state index is -4.14. The van der Waals surface area contributed by atoms with E-state index in [2.05, 4.69) is 25.6 Å². The summed E-state index contributed by atoms with van der Waals surface area (Å²) in [4.78, 5) is 37.0. The van der Waals surface area contributed by atoms with Crippen LogP contribution in [-0.4, -0.2) is 69.7 Å². The molecule has 0 saturated carbocycles. The molecule has 4 heterocycles. The lowest BCUT2D eigenvalue weighted by atomic mass is 10.1. The average Bonchev–Trinajstić information content (AvgIpc) is 3.58. The minimum Gasteiger partial charge on any atom is -0.778 e. The van der Waals surface area contributed by atoms with E-state index in [0.29, 0.717) is 17.7 Å². The predicted molar refractivity (Wildman–Crippen MR) is 128 cm³/mol. The molecule has 198 valence electrons. The number of fused-ring (bicyclic) bond motifs is 2. The van der Waals surface area contributed by atoms with Gasteiger partial charge in [0.1, 0.15) is 32.2 Å². The first-order valence-corrected chi connectivity index (χ1v) is 13.5. The number of carbonyl (C=O) groups is 1. The second-order valence-electron chi connectivity index (χ2n) is 8.46. The van der Waals surface area contributed by atoms with Gasteiger partial charge in [-0.3, -0.25) is 9.88 Å². The number of ether oxygens (including phenoxy) is 3. The first-order chi connectivity index (χ1) is 17.9. The maximum Gasteiger partial charge on any atom is 0.320 e. The highest BCUT2D eigenvalue weighted by Gasteiger charge is 2.54. The molecule has 2 amide bonds. The van der Waals surface area contributed by atoms with Crippen molar-refractivity contribution in [3.63, 3.8) is 0 Å². The molecule has 4 N–H and O–H groups in total. The molecule has 0 bridgehead atoms. The van der Waals surface area contributed by atoms with Crippen LogP contribution in [-0.2, 0) is 23.3 Å². The van der Waals surface area contributed by atoms with Crippen LogP contribution in [0.2, 0.25) is 0 Å². The molecule has 37 heavy (non-hydrogen) atoms. The van der Waals surface area contributed by atoms with Crippen LogP contribution >= 0.6 is 7.60 Å². The fourth-order valence-corrected chi connectivity index (χ4v) is 5.13. The fraction of sp³-hybridized carbons (Fsp3) is 0.455. The fourth-order valence-electron chi connectivity index (χ4n) is 4.31. The molecule has 0 radical (unpaired) electrons.